The number of hydrogen-bond acceptors (Lipinski definition) is 6. The Labute approximate surface area is 132 Å². The Morgan fingerprint density at radius 3 is 2.50 bits per heavy atom. The lowest BCUT2D eigenvalue weighted by Gasteiger charge is -2.09. The van der Waals surface area contributed by atoms with Crippen LogP contribution in [-0.2, 0) is 6.18 Å². The predicted octanol–water partition coefficient (Wildman–Crippen LogP) is 2.60. The molecule has 2 aromatic heterocycles. The summed E-state index contributed by atoms with van der Waals surface area (Å²) in [5.41, 5.74) is 4.24. The molecule has 24 heavy (non-hydrogen) atoms. The van der Waals surface area contributed by atoms with Gasteiger partial charge in [-0.25, -0.2) is 13.8 Å². The molecule has 0 spiro atoms. The van der Waals surface area contributed by atoms with Crippen molar-refractivity contribution >= 4 is 11.9 Å². The molecule has 0 bridgehead atoms. The number of rotatable bonds is 4. The first-order chi connectivity index (χ1) is 11.1. The number of nitrogens with zero attached hydrogens (tertiary/aromatic N) is 4. The molecule has 1 saturated carbocycles. The van der Waals surface area contributed by atoms with Crippen molar-refractivity contribution in [2.45, 2.75) is 18.5 Å². The lowest BCUT2D eigenvalue weighted by molar-refractivity contribution is -0.141. The molecule has 0 aromatic carbocycles. The van der Waals surface area contributed by atoms with Gasteiger partial charge in [0.25, 0.3) is 5.92 Å². The van der Waals surface area contributed by atoms with E-state index < -0.39 is 23.7 Å². The third-order valence-electron chi connectivity index (χ3n) is 3.38. The van der Waals surface area contributed by atoms with Gasteiger partial charge in [-0.3, -0.25) is 0 Å². The summed E-state index contributed by atoms with van der Waals surface area (Å²) in [7, 11) is 0. The number of anilines is 2. The van der Waals surface area contributed by atoms with Crippen molar-refractivity contribution < 1.29 is 22.0 Å². The van der Waals surface area contributed by atoms with Gasteiger partial charge in [0, 0.05) is 18.9 Å². The number of hydrogen-bond donors (Lipinski definition) is 2. The van der Waals surface area contributed by atoms with Crippen molar-refractivity contribution in [2.75, 3.05) is 17.6 Å². The number of nitrogen functional groups attached to an aromatic ring is 1. The summed E-state index contributed by atoms with van der Waals surface area (Å²) < 4.78 is 63.8. The maximum Gasteiger partial charge on any atom is 0.433 e. The molecule has 11 heteroatoms. The largest absolute Gasteiger partial charge is 0.433 e. The molecule has 128 valence electrons. The maximum atomic E-state index is 12.8. The first kappa shape index (κ1) is 16.3. The first-order valence-electron chi connectivity index (χ1n) is 6.83. The molecule has 2 heterocycles. The van der Waals surface area contributed by atoms with Gasteiger partial charge in [0.05, 0.1) is 0 Å². The zero-order valence-electron chi connectivity index (χ0n) is 12.0. The Balaban J connectivity index is 1.83. The maximum absolute atomic E-state index is 12.8. The molecule has 0 amide bonds. The summed E-state index contributed by atoms with van der Waals surface area (Å²) in [4.78, 5) is 14.8. The highest BCUT2D eigenvalue weighted by Crippen LogP contribution is 2.48. The summed E-state index contributed by atoms with van der Waals surface area (Å²) in [6.45, 7) is -0.0775. The summed E-state index contributed by atoms with van der Waals surface area (Å²) in [5.74, 6) is -4.08. The van der Waals surface area contributed by atoms with Crippen LogP contribution in [0.4, 0.5) is 33.8 Å². The van der Waals surface area contributed by atoms with Crippen molar-refractivity contribution in [3.05, 3.63) is 23.9 Å². The molecule has 1 aliphatic rings. The van der Waals surface area contributed by atoms with Crippen molar-refractivity contribution in [3.8, 4) is 11.5 Å². The molecule has 6 nitrogen and oxygen atoms in total. The predicted molar refractivity (Wildman–Crippen MR) is 74.0 cm³/mol. The molecule has 3 N–H and O–H groups in total. The van der Waals surface area contributed by atoms with E-state index in [-0.39, 0.29) is 36.4 Å². The molecule has 3 rings (SSSR count). The Kier molecular flexibility index (Phi) is 3.73. The van der Waals surface area contributed by atoms with Gasteiger partial charge in [0.1, 0.15) is 11.4 Å². The average Bonchev–Trinajstić information content (AvgIpc) is 3.11. The number of pyridine rings is 1. The average molecular weight is 346 g/mol. The number of nitrogens with two attached hydrogens (primary N) is 1. The second-order valence-electron chi connectivity index (χ2n) is 5.29. The van der Waals surface area contributed by atoms with Crippen LogP contribution in [-0.4, -0.2) is 32.4 Å². The number of halogens is 5. The minimum atomic E-state index is -4.62. The van der Waals surface area contributed by atoms with Gasteiger partial charge in [-0.1, -0.05) is 6.07 Å². The second kappa shape index (κ2) is 5.49. The van der Waals surface area contributed by atoms with Gasteiger partial charge in [0.2, 0.25) is 11.9 Å². The van der Waals surface area contributed by atoms with E-state index in [1.54, 1.807) is 0 Å². The van der Waals surface area contributed by atoms with E-state index in [2.05, 4.69) is 25.3 Å². The van der Waals surface area contributed by atoms with Crippen molar-refractivity contribution in [3.63, 3.8) is 0 Å². The molecule has 1 atom stereocenters. The highest BCUT2D eigenvalue weighted by Gasteiger charge is 2.56. The van der Waals surface area contributed by atoms with Crippen molar-refractivity contribution in [2.24, 2.45) is 5.92 Å². The Morgan fingerprint density at radius 2 is 1.88 bits per heavy atom. The molecule has 2 aromatic rings. The fourth-order valence-corrected chi connectivity index (χ4v) is 2.01. The minimum Gasteiger partial charge on any atom is -0.368 e. The fourth-order valence-electron chi connectivity index (χ4n) is 2.01. The lowest BCUT2D eigenvalue weighted by Crippen LogP contribution is -2.13. The van der Waals surface area contributed by atoms with Crippen molar-refractivity contribution in [1.29, 1.82) is 0 Å². The van der Waals surface area contributed by atoms with Gasteiger partial charge in [-0.15, -0.1) is 0 Å². The SMILES string of the molecule is Nc1nc(NCC2CC2(F)F)nc(-c2cccc(C(F)(F)F)n2)n1. The Hall–Kier alpha value is -2.59. The molecule has 1 unspecified atom stereocenters. The van der Waals surface area contributed by atoms with E-state index in [1.807, 2.05) is 0 Å². The van der Waals surface area contributed by atoms with Crippen LogP contribution in [0.1, 0.15) is 12.1 Å². The van der Waals surface area contributed by atoms with E-state index in [1.165, 1.54) is 6.07 Å². The first-order valence-corrected chi connectivity index (χ1v) is 6.83. The van der Waals surface area contributed by atoms with Crippen LogP contribution in [0, 0.1) is 5.92 Å². The third kappa shape index (κ3) is 3.49. The summed E-state index contributed by atoms with van der Waals surface area (Å²) >= 11 is 0. The van der Waals surface area contributed by atoms with E-state index in [4.69, 9.17) is 5.73 Å². The molecule has 0 radical (unpaired) electrons. The minimum absolute atomic E-state index is 0.0775. The highest BCUT2D eigenvalue weighted by molar-refractivity contribution is 5.53. The van der Waals surface area contributed by atoms with Crippen LogP contribution >= 0.6 is 0 Å². The van der Waals surface area contributed by atoms with Crippen LogP contribution in [0.2, 0.25) is 0 Å². The zero-order chi connectivity index (χ0) is 17.5. The molecule has 0 saturated heterocycles. The summed E-state index contributed by atoms with van der Waals surface area (Å²) in [6, 6.07) is 3.24. The zero-order valence-corrected chi connectivity index (χ0v) is 12.0. The van der Waals surface area contributed by atoms with E-state index in [0.717, 1.165) is 12.1 Å². The van der Waals surface area contributed by atoms with Crippen LogP contribution < -0.4 is 11.1 Å². The smallest absolute Gasteiger partial charge is 0.368 e. The van der Waals surface area contributed by atoms with Gasteiger partial charge in [-0.2, -0.15) is 28.1 Å². The second-order valence-corrected chi connectivity index (χ2v) is 5.29. The fraction of sp³-hybridized carbons (Fsp3) is 0.385. The standard InChI is InChI=1S/C13H11F5N6/c14-12(15)4-6(12)5-20-11-23-9(22-10(19)24-11)7-2-1-3-8(21-7)13(16,17)18/h1-3,6H,4-5H2,(H3,19,20,22,23,24). The number of aromatic nitrogens is 4. The highest BCUT2D eigenvalue weighted by atomic mass is 19.4. The van der Waals surface area contributed by atoms with Gasteiger partial charge in [0.15, 0.2) is 5.82 Å². The Morgan fingerprint density at radius 1 is 1.17 bits per heavy atom. The Bertz CT molecular complexity index is 763. The molecule has 0 aliphatic heterocycles. The topological polar surface area (TPSA) is 89.6 Å². The van der Waals surface area contributed by atoms with Crippen molar-refractivity contribution in [1.82, 2.24) is 19.9 Å². The number of nitrogens with one attached hydrogen (secondary N) is 1. The van der Waals surface area contributed by atoms with E-state index in [9.17, 15) is 22.0 Å². The van der Waals surface area contributed by atoms with Crippen LogP contribution in [0.5, 0.6) is 0 Å². The van der Waals surface area contributed by atoms with Gasteiger partial charge in [-0.05, 0) is 12.1 Å². The van der Waals surface area contributed by atoms with E-state index in [0.29, 0.717) is 0 Å². The van der Waals surface area contributed by atoms with Crippen LogP contribution in [0.25, 0.3) is 11.5 Å². The van der Waals surface area contributed by atoms with Gasteiger partial charge >= 0.3 is 6.18 Å². The lowest BCUT2D eigenvalue weighted by atomic mass is 10.3. The van der Waals surface area contributed by atoms with E-state index >= 15 is 0 Å². The summed E-state index contributed by atoms with van der Waals surface area (Å²) in [5, 5.41) is 2.59. The molecule has 1 fully saturated rings. The molecule has 1 aliphatic carbocycles. The number of alkyl halides is 5. The van der Waals surface area contributed by atoms with Crippen LogP contribution in [0.15, 0.2) is 18.2 Å². The molecular weight excluding hydrogens is 335 g/mol. The summed E-state index contributed by atoms with van der Waals surface area (Å²) in [6.07, 6.45) is -4.85. The quantitative estimate of drug-likeness (QED) is 0.827. The molecular formula is C13H11F5N6. The monoisotopic (exact) mass is 346 g/mol. The normalized spacial score (nSPS) is 19.1. The van der Waals surface area contributed by atoms with Crippen LogP contribution in [0.3, 0.4) is 0 Å². The third-order valence-corrected chi connectivity index (χ3v) is 3.38. The van der Waals surface area contributed by atoms with Gasteiger partial charge < -0.3 is 11.1 Å².